The third kappa shape index (κ3) is 6.00. The van der Waals surface area contributed by atoms with E-state index >= 15 is 0 Å². The molecule has 252 valence electrons. The molecule has 12 nitrogen and oxygen atoms in total. The van der Waals surface area contributed by atoms with Gasteiger partial charge in [-0.25, -0.2) is 9.59 Å². The first kappa shape index (κ1) is 32.6. The van der Waals surface area contributed by atoms with E-state index in [1.54, 1.807) is 27.0 Å². The van der Waals surface area contributed by atoms with Gasteiger partial charge >= 0.3 is 18.1 Å². The number of carbonyl (C=O) groups excluding carboxylic acids is 3. The molecule has 1 saturated heterocycles. The van der Waals surface area contributed by atoms with Gasteiger partial charge in [0, 0.05) is 42.9 Å². The van der Waals surface area contributed by atoms with E-state index < -0.39 is 30.3 Å². The van der Waals surface area contributed by atoms with Gasteiger partial charge < -0.3 is 38.1 Å². The number of hydrogen-bond acceptors (Lipinski definition) is 11. The van der Waals surface area contributed by atoms with Gasteiger partial charge in [0.05, 0.1) is 45.5 Å². The lowest BCUT2D eigenvalue weighted by molar-refractivity contribution is -0.176. The van der Waals surface area contributed by atoms with Gasteiger partial charge in [0.25, 0.3) is 0 Å². The van der Waals surface area contributed by atoms with E-state index in [0.29, 0.717) is 12.0 Å². The zero-order chi connectivity index (χ0) is 33.4. The summed E-state index contributed by atoms with van der Waals surface area (Å²) in [5, 5.41) is 1.20. The fourth-order valence-corrected chi connectivity index (χ4v) is 7.94. The Hall–Kier alpha value is -4.29. The monoisotopic (exact) mass is 650 g/mol. The average molecular weight is 651 g/mol. The summed E-state index contributed by atoms with van der Waals surface area (Å²) in [5.41, 5.74) is 4.24. The number of fused-ring (bicyclic) bond motifs is 6. The maximum absolute atomic E-state index is 13.6. The molecule has 1 aromatic heterocycles. The van der Waals surface area contributed by atoms with E-state index in [9.17, 15) is 14.4 Å². The quantitative estimate of drug-likeness (QED) is 0.201. The minimum Gasteiger partial charge on any atom is -0.497 e. The van der Waals surface area contributed by atoms with Crippen molar-refractivity contribution in [3.05, 3.63) is 52.7 Å². The molecule has 6 atom stereocenters. The summed E-state index contributed by atoms with van der Waals surface area (Å²) in [6, 6.07) is 9.26. The predicted octanol–water partition coefficient (Wildman–Crippen LogP) is 5.00. The van der Waals surface area contributed by atoms with Crippen molar-refractivity contribution in [1.29, 1.82) is 0 Å². The van der Waals surface area contributed by atoms with Gasteiger partial charge in [-0.15, -0.1) is 0 Å². The van der Waals surface area contributed by atoms with Crippen LogP contribution in [-0.4, -0.2) is 88.3 Å². The van der Waals surface area contributed by atoms with E-state index in [1.807, 2.05) is 12.1 Å². The number of hydrogen-bond donors (Lipinski definition) is 1. The van der Waals surface area contributed by atoms with Gasteiger partial charge in [-0.3, -0.25) is 9.69 Å². The second kappa shape index (κ2) is 13.4. The molecular formula is C35H42N2O10. The van der Waals surface area contributed by atoms with Crippen molar-refractivity contribution >= 4 is 29.0 Å². The summed E-state index contributed by atoms with van der Waals surface area (Å²) in [6.45, 7) is 5.15. The number of aromatic amines is 1. The van der Waals surface area contributed by atoms with E-state index in [1.165, 1.54) is 44.0 Å². The van der Waals surface area contributed by atoms with Gasteiger partial charge in [-0.2, -0.15) is 0 Å². The molecule has 0 bridgehead atoms. The number of esters is 2. The third-order valence-corrected chi connectivity index (χ3v) is 10.0. The molecule has 0 spiro atoms. The first-order valence-corrected chi connectivity index (χ1v) is 16.0. The Bertz CT molecular complexity index is 1670. The minimum absolute atomic E-state index is 0.0443. The number of carbonyl (C=O) groups is 3. The molecule has 1 saturated carbocycles. The summed E-state index contributed by atoms with van der Waals surface area (Å²) in [5.74, 6) is -0.450. The van der Waals surface area contributed by atoms with E-state index in [4.69, 9.17) is 33.2 Å². The Kier molecular flexibility index (Phi) is 9.34. The van der Waals surface area contributed by atoms with Crippen LogP contribution in [0.3, 0.4) is 0 Å². The topological polar surface area (TPSA) is 135 Å². The first-order chi connectivity index (χ1) is 22.7. The molecule has 47 heavy (non-hydrogen) atoms. The van der Waals surface area contributed by atoms with Crippen LogP contribution < -0.4 is 14.2 Å². The minimum atomic E-state index is -0.873. The van der Waals surface area contributed by atoms with Crippen LogP contribution in [-0.2, 0) is 30.2 Å². The molecule has 3 heterocycles. The van der Waals surface area contributed by atoms with Crippen LogP contribution in [0.5, 0.6) is 17.2 Å². The Balaban J connectivity index is 1.26. The third-order valence-electron chi connectivity index (χ3n) is 10.0. The van der Waals surface area contributed by atoms with Gasteiger partial charge in [0.1, 0.15) is 18.0 Å². The number of ether oxygens (including phenoxy) is 7. The number of aromatic nitrogens is 1. The van der Waals surface area contributed by atoms with Crippen LogP contribution in [0.25, 0.3) is 10.9 Å². The van der Waals surface area contributed by atoms with Gasteiger partial charge in [-0.05, 0) is 80.3 Å². The number of rotatable bonds is 8. The van der Waals surface area contributed by atoms with E-state index in [2.05, 4.69) is 16.0 Å². The van der Waals surface area contributed by atoms with Crippen molar-refractivity contribution in [2.45, 2.75) is 51.4 Å². The highest BCUT2D eigenvalue weighted by molar-refractivity contribution is 5.91. The Morgan fingerprint density at radius 1 is 1.02 bits per heavy atom. The maximum atomic E-state index is 13.6. The number of nitrogens with one attached hydrogen (secondary N) is 1. The molecule has 6 rings (SSSR count). The van der Waals surface area contributed by atoms with Gasteiger partial charge in [0.2, 0.25) is 0 Å². The molecule has 3 aromatic rings. The van der Waals surface area contributed by atoms with Crippen LogP contribution in [0.15, 0.2) is 30.3 Å². The molecule has 3 aliphatic rings. The molecule has 2 aromatic carbocycles. The molecule has 6 unspecified atom stereocenters. The SMILES string of the molecule is CCOC(=O)Oc1c(C)cc(C(=O)OC2CC3CN4CCc5c([nH]c6cc(OC)ccc56)C4CC3C(C(=O)OC)C2OC)cc1OC. The lowest BCUT2D eigenvalue weighted by atomic mass is 9.63. The molecular weight excluding hydrogens is 608 g/mol. The lowest BCUT2D eigenvalue weighted by Crippen LogP contribution is -2.58. The highest BCUT2D eigenvalue weighted by atomic mass is 16.7. The van der Waals surface area contributed by atoms with Crippen molar-refractivity contribution in [1.82, 2.24) is 9.88 Å². The lowest BCUT2D eigenvalue weighted by Gasteiger charge is -2.52. The average Bonchev–Trinajstić information content (AvgIpc) is 3.45. The van der Waals surface area contributed by atoms with Gasteiger partial charge in [-0.1, -0.05) is 0 Å². The van der Waals surface area contributed by atoms with Crippen molar-refractivity contribution < 1.29 is 47.5 Å². The van der Waals surface area contributed by atoms with Crippen molar-refractivity contribution in [3.8, 4) is 17.2 Å². The molecule has 1 N–H and O–H groups in total. The molecule has 12 heteroatoms. The fourth-order valence-electron chi connectivity index (χ4n) is 7.94. The summed E-state index contributed by atoms with van der Waals surface area (Å²) in [7, 11) is 6.00. The number of methoxy groups -OCH3 is 4. The fraction of sp³-hybridized carbons (Fsp3) is 0.514. The summed E-state index contributed by atoms with van der Waals surface area (Å²) in [6.07, 6.45) is -0.0996. The molecule has 0 radical (unpaired) electrons. The van der Waals surface area contributed by atoms with Crippen molar-refractivity contribution in [2.75, 3.05) is 48.1 Å². The molecule has 2 aliphatic heterocycles. The highest BCUT2D eigenvalue weighted by Crippen LogP contribution is 2.50. The summed E-state index contributed by atoms with van der Waals surface area (Å²) in [4.78, 5) is 45.2. The van der Waals surface area contributed by atoms with E-state index in [-0.39, 0.29) is 47.5 Å². The van der Waals surface area contributed by atoms with Crippen molar-refractivity contribution in [2.24, 2.45) is 17.8 Å². The van der Waals surface area contributed by atoms with Crippen LogP contribution in [0.4, 0.5) is 4.79 Å². The smallest absolute Gasteiger partial charge is 0.497 e. The first-order valence-electron chi connectivity index (χ1n) is 16.0. The zero-order valence-electron chi connectivity index (χ0n) is 27.6. The number of aryl methyl sites for hydroxylation is 1. The molecule has 2 fully saturated rings. The second-order valence-corrected chi connectivity index (χ2v) is 12.4. The number of H-pyrrole nitrogens is 1. The summed E-state index contributed by atoms with van der Waals surface area (Å²) >= 11 is 0. The summed E-state index contributed by atoms with van der Waals surface area (Å²) < 4.78 is 38.5. The van der Waals surface area contributed by atoms with Crippen LogP contribution in [0.2, 0.25) is 0 Å². The Morgan fingerprint density at radius 2 is 1.83 bits per heavy atom. The zero-order valence-corrected chi connectivity index (χ0v) is 27.6. The molecule has 0 amide bonds. The normalized spacial score (nSPS) is 25.1. The predicted molar refractivity (Wildman–Crippen MR) is 170 cm³/mol. The Morgan fingerprint density at radius 3 is 2.53 bits per heavy atom. The number of benzene rings is 2. The maximum Gasteiger partial charge on any atom is 0.513 e. The number of piperidine rings is 1. The van der Waals surface area contributed by atoms with E-state index in [0.717, 1.165) is 37.2 Å². The second-order valence-electron chi connectivity index (χ2n) is 12.4. The highest BCUT2D eigenvalue weighted by Gasteiger charge is 2.54. The molecule has 1 aliphatic carbocycles. The largest absolute Gasteiger partial charge is 0.513 e. The number of nitrogens with zero attached hydrogens (tertiary/aromatic N) is 1. The van der Waals surface area contributed by atoms with Crippen LogP contribution in [0.1, 0.15) is 53.0 Å². The van der Waals surface area contributed by atoms with Crippen LogP contribution in [0, 0.1) is 24.7 Å². The Labute approximate surface area is 273 Å². The van der Waals surface area contributed by atoms with Crippen molar-refractivity contribution in [3.63, 3.8) is 0 Å². The van der Waals surface area contributed by atoms with Gasteiger partial charge in [0.15, 0.2) is 11.5 Å². The standard InChI is InChI=1S/C35H42N2O10/c1-7-45-35(40)47-31-18(2)12-19(13-27(31)42-4)33(38)46-28-14-20-17-37-11-10-23-22-9-8-21(41-3)15-25(22)36-30(23)26(37)16-24(20)29(32(28)43-5)34(39)44-6/h8-9,12-13,15,20,24,26,28-29,32,36H,7,10-11,14,16-17H2,1-6H3. The van der Waals surface area contributed by atoms with Crippen LogP contribution >= 0.6 is 0 Å².